The maximum absolute atomic E-state index is 12.8. The van der Waals surface area contributed by atoms with Gasteiger partial charge in [0.25, 0.3) is 5.91 Å². The molecule has 0 aromatic heterocycles. The van der Waals surface area contributed by atoms with Crippen molar-refractivity contribution in [2.45, 2.75) is 6.54 Å². The molecule has 158 valence electrons. The molecular weight excluding hydrogens is 394 g/mol. The van der Waals surface area contributed by atoms with E-state index in [-0.39, 0.29) is 25.2 Å². The van der Waals surface area contributed by atoms with E-state index in [2.05, 4.69) is 10.6 Å². The number of carbonyl (C=O) groups excluding carboxylic acids is 2. The van der Waals surface area contributed by atoms with Crippen LogP contribution in [0.15, 0.2) is 72.8 Å². The monoisotopic (exact) mass is 417 g/mol. The number of rotatable bonds is 7. The lowest BCUT2D eigenvalue weighted by Gasteiger charge is -2.17. The van der Waals surface area contributed by atoms with Crippen LogP contribution in [0.25, 0.3) is 0 Å². The largest absolute Gasteiger partial charge is 0.454 e. The minimum absolute atomic E-state index is 0.167. The molecule has 2 amide bonds. The maximum Gasteiger partial charge on any atom is 0.257 e. The Morgan fingerprint density at radius 1 is 0.903 bits per heavy atom. The number of likely N-dealkylation sites (N-methyl/N-ethyl adjacent to an activating group) is 1. The zero-order chi connectivity index (χ0) is 21.6. The Hall–Kier alpha value is -3.84. The van der Waals surface area contributed by atoms with E-state index in [4.69, 9.17) is 9.47 Å². The van der Waals surface area contributed by atoms with Gasteiger partial charge in [-0.1, -0.05) is 42.5 Å². The number of benzene rings is 3. The van der Waals surface area contributed by atoms with Crippen molar-refractivity contribution in [2.75, 3.05) is 31.0 Å². The van der Waals surface area contributed by atoms with Gasteiger partial charge in [0.05, 0.1) is 17.8 Å². The molecule has 4 rings (SSSR count). The molecule has 0 fully saturated rings. The van der Waals surface area contributed by atoms with Crippen LogP contribution in [0, 0.1) is 0 Å². The molecule has 1 aliphatic heterocycles. The van der Waals surface area contributed by atoms with E-state index < -0.39 is 0 Å². The van der Waals surface area contributed by atoms with Crippen molar-refractivity contribution in [2.24, 2.45) is 0 Å². The zero-order valence-corrected chi connectivity index (χ0v) is 17.1. The number of hydrogen-bond donors (Lipinski definition) is 2. The first kappa shape index (κ1) is 20.4. The number of nitrogens with zero attached hydrogens (tertiary/aromatic N) is 1. The summed E-state index contributed by atoms with van der Waals surface area (Å²) in [6.45, 7) is 1.02. The maximum atomic E-state index is 12.8. The first-order valence-corrected chi connectivity index (χ1v) is 9.91. The van der Waals surface area contributed by atoms with E-state index in [0.717, 1.165) is 5.56 Å². The Morgan fingerprint density at radius 2 is 1.65 bits per heavy atom. The second kappa shape index (κ2) is 9.32. The molecule has 7 heteroatoms. The molecule has 0 aliphatic carbocycles. The van der Waals surface area contributed by atoms with Crippen LogP contribution in [0.2, 0.25) is 0 Å². The van der Waals surface area contributed by atoms with Crippen molar-refractivity contribution in [1.82, 2.24) is 4.90 Å². The molecule has 1 heterocycles. The quantitative estimate of drug-likeness (QED) is 0.612. The fraction of sp³-hybridized carbons (Fsp3) is 0.167. The van der Waals surface area contributed by atoms with E-state index in [9.17, 15) is 9.59 Å². The van der Waals surface area contributed by atoms with Crippen LogP contribution in [0.4, 0.5) is 11.4 Å². The number of anilines is 2. The minimum atomic E-state index is -0.326. The topological polar surface area (TPSA) is 79.9 Å². The predicted molar refractivity (Wildman–Crippen MR) is 118 cm³/mol. The number of hydrogen-bond acceptors (Lipinski definition) is 5. The average molecular weight is 417 g/mol. The van der Waals surface area contributed by atoms with Crippen LogP contribution in [0.1, 0.15) is 15.9 Å². The highest BCUT2D eigenvalue weighted by Gasteiger charge is 2.17. The summed E-state index contributed by atoms with van der Waals surface area (Å²) < 4.78 is 10.6. The van der Waals surface area contributed by atoms with Crippen LogP contribution < -0.4 is 20.1 Å². The van der Waals surface area contributed by atoms with Gasteiger partial charge >= 0.3 is 0 Å². The minimum Gasteiger partial charge on any atom is -0.454 e. The van der Waals surface area contributed by atoms with Crippen molar-refractivity contribution in [3.05, 3.63) is 83.9 Å². The molecule has 0 saturated heterocycles. The van der Waals surface area contributed by atoms with Crippen LogP contribution >= 0.6 is 0 Å². The third-order valence-corrected chi connectivity index (χ3v) is 4.79. The van der Waals surface area contributed by atoms with Gasteiger partial charge in [0, 0.05) is 18.3 Å². The second-order valence-electron chi connectivity index (χ2n) is 7.27. The Bertz CT molecular complexity index is 1090. The molecule has 31 heavy (non-hydrogen) atoms. The summed E-state index contributed by atoms with van der Waals surface area (Å²) in [5, 5.41) is 5.69. The van der Waals surface area contributed by atoms with Crippen molar-refractivity contribution >= 4 is 23.2 Å². The molecule has 0 bridgehead atoms. The lowest BCUT2D eigenvalue weighted by atomic mass is 10.1. The van der Waals surface area contributed by atoms with Gasteiger partial charge < -0.3 is 20.1 Å². The fourth-order valence-corrected chi connectivity index (χ4v) is 3.35. The molecule has 3 aromatic carbocycles. The summed E-state index contributed by atoms with van der Waals surface area (Å²) in [6.07, 6.45) is 0. The number of nitrogens with one attached hydrogen (secondary N) is 2. The van der Waals surface area contributed by atoms with Gasteiger partial charge in [-0.2, -0.15) is 0 Å². The standard InChI is InChI=1S/C24H23N3O4/c1-27(14-17-7-3-2-4-8-17)15-23(28)26-20-10-6-5-9-19(20)24(29)25-18-11-12-21-22(13-18)31-16-30-21/h2-13H,14-16H2,1H3,(H,25,29)(H,26,28). The van der Waals surface area contributed by atoms with E-state index in [1.165, 1.54) is 0 Å². The summed E-state index contributed by atoms with van der Waals surface area (Å²) in [7, 11) is 1.88. The van der Waals surface area contributed by atoms with Gasteiger partial charge in [-0.05, 0) is 36.9 Å². The third-order valence-electron chi connectivity index (χ3n) is 4.79. The highest BCUT2D eigenvalue weighted by molar-refractivity contribution is 6.10. The molecule has 3 aromatic rings. The van der Waals surface area contributed by atoms with Crippen molar-refractivity contribution in [3.63, 3.8) is 0 Å². The second-order valence-corrected chi connectivity index (χ2v) is 7.27. The first-order valence-electron chi connectivity index (χ1n) is 9.91. The van der Waals surface area contributed by atoms with Crippen molar-refractivity contribution < 1.29 is 19.1 Å². The van der Waals surface area contributed by atoms with Gasteiger partial charge in [0.15, 0.2) is 11.5 Å². The number of fused-ring (bicyclic) bond motifs is 1. The van der Waals surface area contributed by atoms with Crippen LogP contribution in [-0.4, -0.2) is 37.1 Å². The predicted octanol–water partition coefficient (Wildman–Crippen LogP) is 3.74. The number of carbonyl (C=O) groups is 2. The molecule has 0 radical (unpaired) electrons. The first-order chi connectivity index (χ1) is 15.1. The Morgan fingerprint density at radius 3 is 2.48 bits per heavy atom. The molecular formula is C24H23N3O4. The highest BCUT2D eigenvalue weighted by Crippen LogP contribution is 2.34. The molecule has 1 aliphatic rings. The summed E-state index contributed by atoms with van der Waals surface area (Å²) in [5.41, 5.74) is 2.54. The fourth-order valence-electron chi connectivity index (χ4n) is 3.35. The van der Waals surface area contributed by atoms with Gasteiger partial charge in [-0.25, -0.2) is 0 Å². The molecule has 0 spiro atoms. The summed E-state index contributed by atoms with van der Waals surface area (Å²) >= 11 is 0. The Kier molecular flexibility index (Phi) is 6.14. The number of ether oxygens (including phenoxy) is 2. The van der Waals surface area contributed by atoms with Gasteiger partial charge in [0.2, 0.25) is 12.7 Å². The molecule has 0 unspecified atom stereocenters. The molecule has 0 saturated carbocycles. The van der Waals surface area contributed by atoms with Gasteiger partial charge in [-0.15, -0.1) is 0 Å². The third kappa shape index (κ3) is 5.21. The van der Waals surface area contributed by atoms with E-state index in [1.54, 1.807) is 42.5 Å². The SMILES string of the molecule is CN(CC(=O)Nc1ccccc1C(=O)Nc1ccc2c(c1)OCO2)Cc1ccccc1. The molecule has 7 nitrogen and oxygen atoms in total. The average Bonchev–Trinajstić information content (AvgIpc) is 3.22. The number of amides is 2. The van der Waals surface area contributed by atoms with Crippen LogP contribution in [0.3, 0.4) is 0 Å². The lowest BCUT2D eigenvalue weighted by molar-refractivity contribution is -0.117. The van der Waals surface area contributed by atoms with Gasteiger partial charge in [0.1, 0.15) is 0 Å². The van der Waals surface area contributed by atoms with E-state index >= 15 is 0 Å². The molecule has 2 N–H and O–H groups in total. The van der Waals surface area contributed by atoms with Crippen molar-refractivity contribution in [3.8, 4) is 11.5 Å². The van der Waals surface area contributed by atoms with Gasteiger partial charge in [-0.3, -0.25) is 14.5 Å². The highest BCUT2D eigenvalue weighted by atomic mass is 16.7. The van der Waals surface area contributed by atoms with Crippen molar-refractivity contribution in [1.29, 1.82) is 0 Å². The van der Waals surface area contributed by atoms with Crippen LogP contribution in [0.5, 0.6) is 11.5 Å². The Labute approximate surface area is 180 Å². The zero-order valence-electron chi connectivity index (χ0n) is 17.1. The van der Waals surface area contributed by atoms with Crippen LogP contribution in [-0.2, 0) is 11.3 Å². The summed E-state index contributed by atoms with van der Waals surface area (Å²) in [4.78, 5) is 27.3. The normalized spacial score (nSPS) is 11.9. The number of para-hydroxylation sites is 1. The molecule has 0 atom stereocenters. The lowest BCUT2D eigenvalue weighted by Crippen LogP contribution is -2.30. The summed E-state index contributed by atoms with van der Waals surface area (Å²) in [6, 6.07) is 22.0. The smallest absolute Gasteiger partial charge is 0.257 e. The van der Waals surface area contributed by atoms with E-state index in [1.807, 2.05) is 42.3 Å². The Balaban J connectivity index is 1.39. The summed E-state index contributed by atoms with van der Waals surface area (Å²) in [5.74, 6) is 0.709. The van der Waals surface area contributed by atoms with E-state index in [0.29, 0.717) is 35.0 Å².